The Kier molecular flexibility index (Phi) is 6.92. The predicted octanol–water partition coefficient (Wildman–Crippen LogP) is 1.51. The molecule has 5 heterocycles. The number of alkyl halides is 2. The quantitative estimate of drug-likeness (QED) is 0.392. The van der Waals surface area contributed by atoms with Crippen LogP contribution in [0.4, 0.5) is 20.7 Å². The molecule has 3 saturated heterocycles. The Labute approximate surface area is 230 Å². The second kappa shape index (κ2) is 10.3. The van der Waals surface area contributed by atoms with Crippen LogP contribution in [0.2, 0.25) is 0 Å². The first-order valence-corrected chi connectivity index (χ1v) is 14.6. The molecule has 1 aromatic carbocycles. The molecule has 0 saturated carbocycles. The second-order valence-electron chi connectivity index (χ2n) is 10.7. The van der Waals surface area contributed by atoms with E-state index in [1.165, 1.54) is 14.3 Å². The van der Waals surface area contributed by atoms with Crippen molar-refractivity contribution < 1.29 is 21.9 Å². The van der Waals surface area contributed by atoms with Gasteiger partial charge in [-0.25, -0.2) is 22.2 Å². The van der Waals surface area contributed by atoms with Crippen LogP contribution in [-0.4, -0.2) is 115 Å². The van der Waals surface area contributed by atoms with Crippen LogP contribution in [0.5, 0.6) is 0 Å². The molecule has 3 aliphatic rings. The lowest BCUT2D eigenvalue weighted by Crippen LogP contribution is -2.73. The molecule has 214 valence electrons. The van der Waals surface area contributed by atoms with Crippen LogP contribution < -0.4 is 9.80 Å². The number of ether oxygens (including phenoxy) is 1. The van der Waals surface area contributed by atoms with Gasteiger partial charge in [-0.05, 0) is 26.2 Å². The van der Waals surface area contributed by atoms with Gasteiger partial charge in [0.25, 0.3) is 6.43 Å². The van der Waals surface area contributed by atoms with E-state index in [0.717, 1.165) is 0 Å². The number of rotatable bonds is 8. The van der Waals surface area contributed by atoms with Crippen molar-refractivity contribution in [2.45, 2.75) is 6.43 Å². The van der Waals surface area contributed by atoms with Crippen LogP contribution in [0.15, 0.2) is 35.7 Å². The maximum atomic E-state index is 14.1. The minimum atomic E-state index is -3.47. The standard InChI is InChI=1S/C25H31F2N9O3S/c1-32(2)8-5-13-40(37,38)35-16-25(17-35)14-34(15-25)23-29-22(33-9-11-39-12-10-33)30-24(31-23)36-19-7-4-3-6-18(19)28-21(36)20(26)27/h3-7,13,20H,8-12,14-17H2,1-2H3/b13-5+. The van der Waals surface area contributed by atoms with E-state index in [9.17, 15) is 17.2 Å². The molecular weight excluding hydrogens is 544 g/mol. The number of para-hydroxylation sites is 2. The van der Waals surface area contributed by atoms with Crippen LogP contribution in [0, 0.1) is 5.41 Å². The monoisotopic (exact) mass is 575 g/mol. The number of likely N-dealkylation sites (N-methyl/N-ethyl adjacent to an activating group) is 1. The summed E-state index contributed by atoms with van der Waals surface area (Å²) in [5.41, 5.74) is 0.709. The zero-order valence-corrected chi connectivity index (χ0v) is 23.1. The van der Waals surface area contributed by atoms with E-state index in [4.69, 9.17) is 9.72 Å². The van der Waals surface area contributed by atoms with Crippen molar-refractivity contribution in [2.75, 3.05) is 82.9 Å². The molecule has 0 atom stereocenters. The second-order valence-corrected chi connectivity index (χ2v) is 12.6. The summed E-state index contributed by atoms with van der Waals surface area (Å²) in [6.45, 7) is 4.61. The van der Waals surface area contributed by atoms with Crippen molar-refractivity contribution in [3.8, 4) is 5.95 Å². The first-order chi connectivity index (χ1) is 19.1. The summed E-state index contributed by atoms with van der Waals surface area (Å²) < 4.78 is 61.7. The smallest absolute Gasteiger partial charge is 0.296 e. The molecule has 0 amide bonds. The predicted molar refractivity (Wildman–Crippen MR) is 145 cm³/mol. The van der Waals surface area contributed by atoms with Crippen LogP contribution >= 0.6 is 0 Å². The third-order valence-electron chi connectivity index (χ3n) is 7.33. The van der Waals surface area contributed by atoms with Gasteiger partial charge in [0, 0.05) is 56.6 Å². The number of benzene rings is 1. The molecule has 0 bridgehead atoms. The lowest BCUT2D eigenvalue weighted by molar-refractivity contribution is 0.0393. The number of imidazole rings is 1. The minimum Gasteiger partial charge on any atom is -0.378 e. The first kappa shape index (κ1) is 26.9. The summed E-state index contributed by atoms with van der Waals surface area (Å²) in [4.78, 5) is 23.8. The van der Waals surface area contributed by atoms with Crippen molar-refractivity contribution in [1.29, 1.82) is 0 Å². The SMILES string of the molecule is CN(C)C/C=C/S(=O)(=O)N1CC2(CN(c3nc(N4CCOCC4)nc(-n4c(C(F)F)nc5ccccc54)n3)C2)C1. The fraction of sp³-hybridized carbons (Fsp3) is 0.520. The van der Waals surface area contributed by atoms with Crippen LogP contribution in [-0.2, 0) is 14.8 Å². The molecule has 0 unspecified atom stereocenters. The molecule has 12 nitrogen and oxygen atoms in total. The average Bonchev–Trinajstić information content (AvgIpc) is 3.27. The summed E-state index contributed by atoms with van der Waals surface area (Å²) in [6, 6.07) is 6.88. The number of nitrogens with zero attached hydrogens (tertiary/aromatic N) is 9. The minimum absolute atomic E-state index is 0.0697. The van der Waals surface area contributed by atoms with Gasteiger partial charge in [0.15, 0.2) is 5.82 Å². The molecular formula is C25H31F2N9O3S. The highest BCUT2D eigenvalue weighted by atomic mass is 32.2. The molecule has 1 spiro atoms. The van der Waals surface area contributed by atoms with E-state index in [1.807, 2.05) is 28.8 Å². The highest BCUT2D eigenvalue weighted by Crippen LogP contribution is 2.43. The van der Waals surface area contributed by atoms with Gasteiger partial charge < -0.3 is 19.4 Å². The van der Waals surface area contributed by atoms with Crippen LogP contribution in [0.3, 0.4) is 0 Å². The maximum Gasteiger partial charge on any atom is 0.296 e. The Morgan fingerprint density at radius 3 is 2.30 bits per heavy atom. The van der Waals surface area contributed by atoms with E-state index in [1.54, 1.807) is 30.3 Å². The van der Waals surface area contributed by atoms with Crippen LogP contribution in [0.1, 0.15) is 12.2 Å². The summed E-state index contributed by atoms with van der Waals surface area (Å²) in [7, 11) is 0.275. The maximum absolute atomic E-state index is 14.1. The Morgan fingerprint density at radius 2 is 1.62 bits per heavy atom. The van der Waals surface area contributed by atoms with E-state index in [0.29, 0.717) is 82.0 Å². The van der Waals surface area contributed by atoms with Crippen LogP contribution in [0.25, 0.3) is 17.0 Å². The molecule has 0 N–H and O–H groups in total. The average molecular weight is 576 g/mol. The van der Waals surface area contributed by atoms with E-state index in [-0.39, 0.29) is 11.4 Å². The molecule has 3 fully saturated rings. The van der Waals surface area contributed by atoms with Gasteiger partial charge in [0.05, 0.1) is 24.2 Å². The fourth-order valence-electron chi connectivity index (χ4n) is 5.34. The summed E-state index contributed by atoms with van der Waals surface area (Å²) >= 11 is 0. The van der Waals surface area contributed by atoms with Crippen molar-refractivity contribution in [2.24, 2.45) is 5.41 Å². The number of hydrogen-bond donors (Lipinski definition) is 0. The third kappa shape index (κ3) is 5.02. The van der Waals surface area contributed by atoms with Crippen molar-refractivity contribution in [3.05, 3.63) is 41.6 Å². The van der Waals surface area contributed by atoms with E-state index >= 15 is 0 Å². The lowest BCUT2D eigenvalue weighted by atomic mass is 9.74. The molecule has 0 radical (unpaired) electrons. The number of sulfonamides is 1. The van der Waals surface area contributed by atoms with Crippen molar-refractivity contribution in [3.63, 3.8) is 0 Å². The fourth-order valence-corrected chi connectivity index (χ4v) is 6.75. The summed E-state index contributed by atoms with van der Waals surface area (Å²) in [5, 5.41) is 1.26. The van der Waals surface area contributed by atoms with Crippen molar-refractivity contribution in [1.82, 2.24) is 33.7 Å². The van der Waals surface area contributed by atoms with Gasteiger partial charge in [-0.1, -0.05) is 18.2 Å². The number of hydrogen-bond acceptors (Lipinski definition) is 10. The van der Waals surface area contributed by atoms with Crippen molar-refractivity contribution >= 4 is 33.0 Å². The lowest BCUT2D eigenvalue weighted by Gasteiger charge is -2.59. The topological polar surface area (TPSA) is 113 Å². The molecule has 40 heavy (non-hydrogen) atoms. The molecule has 2 aromatic heterocycles. The van der Waals surface area contributed by atoms with Gasteiger partial charge in [0.1, 0.15) is 0 Å². The molecule has 15 heteroatoms. The largest absolute Gasteiger partial charge is 0.378 e. The molecule has 3 aliphatic heterocycles. The zero-order chi connectivity index (χ0) is 28.1. The molecule has 6 rings (SSSR count). The van der Waals surface area contributed by atoms with Gasteiger partial charge in [0.2, 0.25) is 27.9 Å². The Hall–Kier alpha value is -3.27. The number of aromatic nitrogens is 5. The summed E-state index contributed by atoms with van der Waals surface area (Å²) in [6.07, 6.45) is -1.19. The normalized spacial score (nSPS) is 19.8. The Balaban J connectivity index is 1.27. The number of halogens is 2. The highest BCUT2D eigenvalue weighted by molar-refractivity contribution is 7.92. The first-order valence-electron chi connectivity index (χ1n) is 13.1. The third-order valence-corrected chi connectivity index (χ3v) is 8.85. The van der Waals surface area contributed by atoms with Gasteiger partial charge in [-0.2, -0.15) is 19.3 Å². The van der Waals surface area contributed by atoms with E-state index in [2.05, 4.69) is 15.0 Å². The Morgan fingerprint density at radius 1 is 0.975 bits per heavy atom. The summed E-state index contributed by atoms with van der Waals surface area (Å²) in [5.74, 6) is 0.377. The number of anilines is 2. The number of morpholine rings is 1. The zero-order valence-electron chi connectivity index (χ0n) is 22.3. The highest BCUT2D eigenvalue weighted by Gasteiger charge is 2.55. The van der Waals surface area contributed by atoms with Gasteiger partial charge in [-0.3, -0.25) is 4.57 Å². The Bertz CT molecular complexity index is 1530. The van der Waals surface area contributed by atoms with E-state index < -0.39 is 22.3 Å². The van der Waals surface area contributed by atoms with Gasteiger partial charge >= 0.3 is 0 Å². The van der Waals surface area contributed by atoms with Gasteiger partial charge in [-0.15, -0.1) is 0 Å². The molecule has 0 aliphatic carbocycles. The molecule has 3 aromatic rings. The number of fused-ring (bicyclic) bond motifs is 1.